The van der Waals surface area contributed by atoms with E-state index >= 15 is 0 Å². The lowest BCUT2D eigenvalue weighted by Crippen LogP contribution is -2.02. The maximum absolute atomic E-state index is 11.6. The normalized spacial score (nSPS) is 10.1. The van der Waals surface area contributed by atoms with Gasteiger partial charge in [0.25, 0.3) is 0 Å². The van der Waals surface area contributed by atoms with Crippen LogP contribution < -0.4 is 0 Å². The third-order valence-electron chi connectivity index (χ3n) is 2.70. The van der Waals surface area contributed by atoms with E-state index in [1.54, 1.807) is 12.1 Å². The first-order valence-electron chi connectivity index (χ1n) is 5.63. The molecular weight excluding hydrogens is 228 g/mol. The zero-order valence-electron chi connectivity index (χ0n) is 10.1. The molecule has 0 unspecified atom stereocenters. The zero-order chi connectivity index (χ0) is 13.0. The van der Waals surface area contributed by atoms with Crippen LogP contribution in [0, 0.1) is 0 Å². The number of benzene rings is 2. The zero-order valence-corrected chi connectivity index (χ0v) is 10.1. The Kier molecular flexibility index (Phi) is 3.75. The van der Waals surface area contributed by atoms with Crippen LogP contribution in [0.25, 0.3) is 11.1 Å². The summed E-state index contributed by atoms with van der Waals surface area (Å²) in [6.45, 7) is -0.106. The van der Waals surface area contributed by atoms with Crippen LogP contribution in [0.1, 0.15) is 15.9 Å². The summed E-state index contributed by atoms with van der Waals surface area (Å²) in [5, 5.41) is 9.24. The van der Waals surface area contributed by atoms with Crippen molar-refractivity contribution in [3.63, 3.8) is 0 Å². The van der Waals surface area contributed by atoms with Gasteiger partial charge in [0, 0.05) is 0 Å². The molecule has 3 heteroatoms. The van der Waals surface area contributed by atoms with Gasteiger partial charge >= 0.3 is 5.97 Å². The summed E-state index contributed by atoms with van der Waals surface area (Å²) in [4.78, 5) is 11.6. The molecule has 0 bridgehead atoms. The van der Waals surface area contributed by atoms with Gasteiger partial charge in [-0.25, -0.2) is 4.79 Å². The van der Waals surface area contributed by atoms with E-state index in [1.165, 1.54) is 7.11 Å². The lowest BCUT2D eigenvalue weighted by molar-refractivity contribution is 0.0600. The van der Waals surface area contributed by atoms with E-state index in [1.807, 2.05) is 36.4 Å². The molecule has 0 saturated heterocycles. The monoisotopic (exact) mass is 242 g/mol. The standard InChI is InChI=1S/C15H14O3/c1-18-15(17)14-8-11(10-16)7-13(9-14)12-5-3-2-4-6-12/h2-9,16H,10H2,1H3. The first-order valence-corrected chi connectivity index (χ1v) is 5.63. The number of methoxy groups -OCH3 is 1. The molecule has 1 N–H and O–H groups in total. The van der Waals surface area contributed by atoms with Crippen molar-refractivity contribution in [3.8, 4) is 11.1 Å². The quantitative estimate of drug-likeness (QED) is 0.841. The molecule has 0 atom stereocenters. The minimum atomic E-state index is -0.400. The first-order chi connectivity index (χ1) is 8.74. The molecule has 0 aliphatic heterocycles. The van der Waals surface area contributed by atoms with Gasteiger partial charge in [-0.2, -0.15) is 0 Å². The highest BCUT2D eigenvalue weighted by atomic mass is 16.5. The van der Waals surface area contributed by atoms with Gasteiger partial charge in [0.05, 0.1) is 19.3 Å². The third-order valence-corrected chi connectivity index (χ3v) is 2.70. The van der Waals surface area contributed by atoms with Gasteiger partial charge in [-0.05, 0) is 34.9 Å². The lowest BCUT2D eigenvalue weighted by atomic mass is 10.00. The average molecular weight is 242 g/mol. The maximum Gasteiger partial charge on any atom is 0.337 e. The van der Waals surface area contributed by atoms with Gasteiger partial charge in [0.1, 0.15) is 0 Å². The van der Waals surface area contributed by atoms with Crippen molar-refractivity contribution in [2.45, 2.75) is 6.61 Å². The second-order valence-corrected chi connectivity index (χ2v) is 3.93. The number of carbonyl (C=O) groups is 1. The van der Waals surface area contributed by atoms with E-state index in [9.17, 15) is 9.90 Å². The summed E-state index contributed by atoms with van der Waals surface area (Å²) in [5.41, 5.74) is 3.03. The molecule has 3 nitrogen and oxygen atoms in total. The maximum atomic E-state index is 11.6. The summed E-state index contributed by atoms with van der Waals surface area (Å²) < 4.78 is 4.71. The molecular formula is C15H14O3. The van der Waals surface area contributed by atoms with E-state index < -0.39 is 5.97 Å². The number of carbonyl (C=O) groups excluding carboxylic acids is 1. The van der Waals surface area contributed by atoms with Crippen LogP contribution in [-0.4, -0.2) is 18.2 Å². The number of esters is 1. The molecule has 92 valence electrons. The van der Waals surface area contributed by atoms with E-state index in [0.717, 1.165) is 11.1 Å². The van der Waals surface area contributed by atoms with Crippen LogP contribution in [0.3, 0.4) is 0 Å². The van der Waals surface area contributed by atoms with Crippen LogP contribution in [0.4, 0.5) is 0 Å². The predicted molar refractivity (Wildman–Crippen MR) is 69.1 cm³/mol. The fourth-order valence-corrected chi connectivity index (χ4v) is 1.82. The second kappa shape index (κ2) is 5.47. The van der Waals surface area contributed by atoms with Crippen molar-refractivity contribution in [1.82, 2.24) is 0 Å². The minimum Gasteiger partial charge on any atom is -0.465 e. The Bertz CT molecular complexity index is 547. The molecule has 18 heavy (non-hydrogen) atoms. The van der Waals surface area contributed by atoms with E-state index in [2.05, 4.69) is 0 Å². The molecule has 0 aliphatic carbocycles. The summed E-state index contributed by atoms with van der Waals surface area (Å²) in [6.07, 6.45) is 0. The fraction of sp³-hybridized carbons (Fsp3) is 0.133. The molecule has 2 aromatic rings. The third kappa shape index (κ3) is 2.57. The first kappa shape index (κ1) is 12.3. The van der Waals surface area contributed by atoms with Crippen molar-refractivity contribution >= 4 is 5.97 Å². The number of aliphatic hydroxyl groups excluding tert-OH is 1. The number of ether oxygens (including phenoxy) is 1. The Morgan fingerprint density at radius 1 is 1.11 bits per heavy atom. The van der Waals surface area contributed by atoms with Gasteiger partial charge < -0.3 is 9.84 Å². The van der Waals surface area contributed by atoms with Gasteiger partial charge in [-0.1, -0.05) is 30.3 Å². The summed E-state index contributed by atoms with van der Waals surface area (Å²) in [6, 6.07) is 15.0. The lowest BCUT2D eigenvalue weighted by Gasteiger charge is -2.07. The van der Waals surface area contributed by atoms with E-state index in [-0.39, 0.29) is 6.61 Å². The van der Waals surface area contributed by atoms with Crippen LogP contribution in [-0.2, 0) is 11.3 Å². The molecule has 0 radical (unpaired) electrons. The highest BCUT2D eigenvalue weighted by molar-refractivity contribution is 5.91. The van der Waals surface area contributed by atoms with Crippen LogP contribution in [0.5, 0.6) is 0 Å². The summed E-state index contributed by atoms with van der Waals surface area (Å²) >= 11 is 0. The number of rotatable bonds is 3. The van der Waals surface area contributed by atoms with E-state index in [4.69, 9.17) is 4.74 Å². The number of hydrogen-bond donors (Lipinski definition) is 1. The molecule has 0 spiro atoms. The van der Waals surface area contributed by atoms with Gasteiger partial charge in [0.2, 0.25) is 0 Å². The molecule has 0 fully saturated rings. The Labute approximate surface area is 106 Å². The molecule has 2 rings (SSSR count). The topological polar surface area (TPSA) is 46.5 Å². The number of aliphatic hydroxyl groups is 1. The predicted octanol–water partition coefficient (Wildman–Crippen LogP) is 2.63. The Morgan fingerprint density at radius 2 is 1.83 bits per heavy atom. The molecule has 2 aromatic carbocycles. The highest BCUT2D eigenvalue weighted by Gasteiger charge is 2.09. The molecule has 0 saturated carbocycles. The summed E-state index contributed by atoms with van der Waals surface area (Å²) in [5.74, 6) is -0.400. The minimum absolute atomic E-state index is 0.106. The summed E-state index contributed by atoms with van der Waals surface area (Å²) in [7, 11) is 1.34. The Balaban J connectivity index is 2.51. The average Bonchev–Trinajstić information content (AvgIpc) is 2.46. The largest absolute Gasteiger partial charge is 0.465 e. The molecule has 0 heterocycles. The molecule has 0 aromatic heterocycles. The Morgan fingerprint density at radius 3 is 2.44 bits per heavy atom. The van der Waals surface area contributed by atoms with Crippen LogP contribution in [0.2, 0.25) is 0 Å². The van der Waals surface area contributed by atoms with E-state index in [0.29, 0.717) is 11.1 Å². The van der Waals surface area contributed by atoms with Crippen molar-refractivity contribution < 1.29 is 14.6 Å². The van der Waals surface area contributed by atoms with Gasteiger partial charge in [-0.3, -0.25) is 0 Å². The van der Waals surface area contributed by atoms with Crippen molar-refractivity contribution in [3.05, 3.63) is 59.7 Å². The number of hydrogen-bond acceptors (Lipinski definition) is 3. The van der Waals surface area contributed by atoms with Crippen molar-refractivity contribution in [2.24, 2.45) is 0 Å². The Hall–Kier alpha value is -2.13. The SMILES string of the molecule is COC(=O)c1cc(CO)cc(-c2ccccc2)c1. The smallest absolute Gasteiger partial charge is 0.337 e. The van der Waals surface area contributed by atoms with Crippen molar-refractivity contribution in [2.75, 3.05) is 7.11 Å². The highest BCUT2D eigenvalue weighted by Crippen LogP contribution is 2.22. The van der Waals surface area contributed by atoms with Gasteiger partial charge in [-0.15, -0.1) is 0 Å². The van der Waals surface area contributed by atoms with Crippen molar-refractivity contribution in [1.29, 1.82) is 0 Å². The van der Waals surface area contributed by atoms with Gasteiger partial charge in [0.15, 0.2) is 0 Å². The molecule has 0 aliphatic rings. The fourth-order valence-electron chi connectivity index (χ4n) is 1.82. The molecule has 0 amide bonds. The second-order valence-electron chi connectivity index (χ2n) is 3.93. The van der Waals surface area contributed by atoms with Crippen LogP contribution in [0.15, 0.2) is 48.5 Å². The van der Waals surface area contributed by atoms with Crippen LogP contribution >= 0.6 is 0 Å².